The third-order valence-electron chi connectivity index (χ3n) is 4.35. The zero-order chi connectivity index (χ0) is 22.2. The lowest BCUT2D eigenvalue weighted by Gasteiger charge is -2.14. The summed E-state index contributed by atoms with van der Waals surface area (Å²) >= 11 is 3.33. The first-order valence-corrected chi connectivity index (χ1v) is 10.1. The van der Waals surface area contributed by atoms with Crippen molar-refractivity contribution in [1.29, 1.82) is 0 Å². The number of rotatable bonds is 7. The van der Waals surface area contributed by atoms with E-state index in [1.807, 2.05) is 48.5 Å². The third kappa shape index (κ3) is 5.55. The largest absolute Gasteiger partial charge is 0.497 e. The maximum absolute atomic E-state index is 12.5. The molecule has 0 heterocycles. The molecule has 0 radical (unpaired) electrons. The van der Waals surface area contributed by atoms with E-state index in [1.54, 1.807) is 12.1 Å². The van der Waals surface area contributed by atoms with Crippen LogP contribution in [-0.2, 0) is 4.79 Å². The first kappa shape index (κ1) is 22.2. The van der Waals surface area contributed by atoms with Crippen LogP contribution in [0.15, 0.2) is 71.2 Å². The fourth-order valence-corrected chi connectivity index (χ4v) is 3.49. The molecule has 0 aliphatic heterocycles. The van der Waals surface area contributed by atoms with Crippen LogP contribution in [0, 0.1) is 0 Å². The molecule has 0 aliphatic carbocycles. The molecule has 160 valence electrons. The molecule has 0 unspecified atom stereocenters. The summed E-state index contributed by atoms with van der Waals surface area (Å²) in [5, 5.41) is 0. The van der Waals surface area contributed by atoms with Crippen molar-refractivity contribution in [3.8, 4) is 28.4 Å². The summed E-state index contributed by atoms with van der Waals surface area (Å²) in [6, 6.07) is 20.3. The van der Waals surface area contributed by atoms with Crippen LogP contribution in [0.2, 0.25) is 0 Å². The Morgan fingerprint density at radius 3 is 2.32 bits per heavy atom. The number of ether oxygens (including phenoxy) is 3. The van der Waals surface area contributed by atoms with E-state index in [9.17, 15) is 9.59 Å². The third-order valence-corrected chi connectivity index (χ3v) is 4.94. The van der Waals surface area contributed by atoms with Crippen LogP contribution in [0.5, 0.6) is 17.2 Å². The topological polar surface area (TPSA) is 85.9 Å². The SMILES string of the molecule is COc1cc(Br)c(OC)c(C(=O)NNC(=O)COc2ccccc2-c2ccccc2)c1. The Hall–Kier alpha value is -3.52. The summed E-state index contributed by atoms with van der Waals surface area (Å²) in [5.74, 6) is 0.269. The van der Waals surface area contributed by atoms with Crippen LogP contribution < -0.4 is 25.1 Å². The normalized spacial score (nSPS) is 10.2. The van der Waals surface area contributed by atoms with Gasteiger partial charge in [0.05, 0.1) is 24.3 Å². The fourth-order valence-electron chi connectivity index (χ4n) is 2.88. The van der Waals surface area contributed by atoms with Crippen LogP contribution in [0.25, 0.3) is 11.1 Å². The fraction of sp³-hybridized carbons (Fsp3) is 0.130. The van der Waals surface area contributed by atoms with Gasteiger partial charge in [0.15, 0.2) is 6.61 Å². The number of carbonyl (C=O) groups excluding carboxylic acids is 2. The van der Waals surface area contributed by atoms with Crippen molar-refractivity contribution in [3.05, 3.63) is 76.8 Å². The van der Waals surface area contributed by atoms with E-state index in [2.05, 4.69) is 26.8 Å². The average Bonchev–Trinajstić information content (AvgIpc) is 2.81. The molecule has 0 bridgehead atoms. The quantitative estimate of drug-likeness (QED) is 0.495. The lowest BCUT2D eigenvalue weighted by molar-refractivity contribution is -0.123. The molecule has 2 N–H and O–H groups in total. The van der Waals surface area contributed by atoms with Crippen LogP contribution in [0.4, 0.5) is 0 Å². The Kier molecular flexibility index (Phi) is 7.50. The maximum Gasteiger partial charge on any atom is 0.276 e. The number of benzene rings is 3. The molecule has 0 saturated heterocycles. The van der Waals surface area contributed by atoms with Gasteiger partial charge in [-0.05, 0) is 39.7 Å². The number of para-hydroxylation sites is 1. The number of nitrogens with one attached hydrogen (secondary N) is 2. The average molecular weight is 485 g/mol. The lowest BCUT2D eigenvalue weighted by atomic mass is 10.1. The Bertz CT molecular complexity index is 1070. The van der Waals surface area contributed by atoms with Crippen LogP contribution in [-0.4, -0.2) is 32.6 Å². The molecule has 0 aromatic heterocycles. The van der Waals surface area contributed by atoms with Gasteiger partial charge in [0.2, 0.25) is 0 Å². The van der Waals surface area contributed by atoms with E-state index in [-0.39, 0.29) is 12.2 Å². The van der Waals surface area contributed by atoms with Crippen molar-refractivity contribution in [2.75, 3.05) is 20.8 Å². The Morgan fingerprint density at radius 1 is 0.903 bits per heavy atom. The minimum absolute atomic E-state index is 0.198. The second kappa shape index (κ2) is 10.5. The molecular formula is C23H21BrN2O5. The number of halogens is 1. The van der Waals surface area contributed by atoms with Crippen molar-refractivity contribution in [1.82, 2.24) is 10.9 Å². The van der Waals surface area contributed by atoms with Crippen LogP contribution >= 0.6 is 15.9 Å². The highest BCUT2D eigenvalue weighted by Gasteiger charge is 2.18. The van der Waals surface area contributed by atoms with E-state index in [4.69, 9.17) is 14.2 Å². The van der Waals surface area contributed by atoms with Gasteiger partial charge in [0.1, 0.15) is 17.2 Å². The van der Waals surface area contributed by atoms with Gasteiger partial charge in [0, 0.05) is 5.56 Å². The minimum Gasteiger partial charge on any atom is -0.497 e. The van der Waals surface area contributed by atoms with E-state index < -0.39 is 11.8 Å². The van der Waals surface area contributed by atoms with Gasteiger partial charge in [-0.25, -0.2) is 0 Å². The number of carbonyl (C=O) groups is 2. The molecule has 8 heteroatoms. The zero-order valence-corrected chi connectivity index (χ0v) is 18.6. The molecule has 3 rings (SSSR count). The van der Waals surface area contributed by atoms with Crippen molar-refractivity contribution in [2.24, 2.45) is 0 Å². The first-order valence-electron chi connectivity index (χ1n) is 9.31. The van der Waals surface area contributed by atoms with Gasteiger partial charge in [-0.15, -0.1) is 0 Å². The van der Waals surface area contributed by atoms with E-state index in [0.29, 0.717) is 21.7 Å². The lowest BCUT2D eigenvalue weighted by Crippen LogP contribution is -2.44. The van der Waals surface area contributed by atoms with Gasteiger partial charge in [-0.3, -0.25) is 20.4 Å². The Morgan fingerprint density at radius 2 is 1.61 bits per heavy atom. The highest BCUT2D eigenvalue weighted by molar-refractivity contribution is 9.10. The summed E-state index contributed by atoms with van der Waals surface area (Å²) in [7, 11) is 2.93. The monoisotopic (exact) mass is 484 g/mol. The number of amides is 2. The second-order valence-corrected chi connectivity index (χ2v) is 7.20. The number of methoxy groups -OCH3 is 2. The summed E-state index contributed by atoms with van der Waals surface area (Å²) in [4.78, 5) is 24.8. The Balaban J connectivity index is 1.62. The second-order valence-electron chi connectivity index (χ2n) is 6.34. The van der Waals surface area contributed by atoms with Crippen molar-refractivity contribution < 1.29 is 23.8 Å². The van der Waals surface area contributed by atoms with Crippen molar-refractivity contribution >= 4 is 27.7 Å². The first-order chi connectivity index (χ1) is 15.0. The molecule has 3 aromatic carbocycles. The Labute approximate surface area is 188 Å². The molecule has 0 fully saturated rings. The number of hydrogen-bond donors (Lipinski definition) is 2. The van der Waals surface area contributed by atoms with Gasteiger partial charge in [-0.2, -0.15) is 0 Å². The standard InChI is InChI=1S/C23H21BrN2O5/c1-29-16-12-18(22(30-2)19(24)13-16)23(28)26-25-21(27)14-31-20-11-7-6-10-17(20)15-8-4-3-5-9-15/h3-13H,14H2,1-2H3,(H,25,27)(H,26,28). The number of hydrogen-bond acceptors (Lipinski definition) is 5. The molecular weight excluding hydrogens is 464 g/mol. The van der Waals surface area contributed by atoms with Crippen molar-refractivity contribution in [3.63, 3.8) is 0 Å². The molecule has 0 aliphatic rings. The smallest absolute Gasteiger partial charge is 0.276 e. The zero-order valence-electron chi connectivity index (χ0n) is 17.0. The molecule has 0 spiro atoms. The molecule has 2 amide bonds. The van der Waals surface area contributed by atoms with E-state index >= 15 is 0 Å². The van der Waals surface area contributed by atoms with E-state index in [1.165, 1.54) is 20.3 Å². The van der Waals surface area contributed by atoms with Crippen LogP contribution in [0.3, 0.4) is 0 Å². The number of hydrazine groups is 1. The molecule has 3 aromatic rings. The highest BCUT2D eigenvalue weighted by atomic mass is 79.9. The van der Waals surface area contributed by atoms with Crippen molar-refractivity contribution in [2.45, 2.75) is 0 Å². The molecule has 0 saturated carbocycles. The summed E-state index contributed by atoms with van der Waals surface area (Å²) in [5.41, 5.74) is 6.74. The van der Waals surface area contributed by atoms with Gasteiger partial charge < -0.3 is 14.2 Å². The summed E-state index contributed by atoms with van der Waals surface area (Å²) in [6.45, 7) is -0.275. The highest BCUT2D eigenvalue weighted by Crippen LogP contribution is 2.33. The maximum atomic E-state index is 12.5. The van der Waals surface area contributed by atoms with Crippen LogP contribution in [0.1, 0.15) is 10.4 Å². The summed E-state index contributed by atoms with van der Waals surface area (Å²) in [6.07, 6.45) is 0. The molecule has 0 atom stereocenters. The predicted molar refractivity (Wildman–Crippen MR) is 120 cm³/mol. The van der Waals surface area contributed by atoms with Gasteiger partial charge in [-0.1, -0.05) is 48.5 Å². The predicted octanol–water partition coefficient (Wildman–Crippen LogP) is 3.97. The van der Waals surface area contributed by atoms with Gasteiger partial charge in [0.25, 0.3) is 11.8 Å². The van der Waals surface area contributed by atoms with Gasteiger partial charge >= 0.3 is 0 Å². The molecule has 31 heavy (non-hydrogen) atoms. The minimum atomic E-state index is -0.561. The molecule has 7 nitrogen and oxygen atoms in total. The summed E-state index contributed by atoms with van der Waals surface area (Å²) < 4.78 is 16.7. The van der Waals surface area contributed by atoms with E-state index in [0.717, 1.165) is 11.1 Å².